The number of benzene rings is 1. The first-order valence-electron chi connectivity index (χ1n) is 10.3. The van der Waals surface area contributed by atoms with Crippen LogP contribution < -0.4 is 10.6 Å². The molecule has 2 heterocycles. The van der Waals surface area contributed by atoms with Crippen LogP contribution >= 0.6 is 0 Å². The van der Waals surface area contributed by atoms with Crippen LogP contribution in [-0.2, 0) is 14.4 Å². The second-order valence-electron chi connectivity index (χ2n) is 7.92. The lowest BCUT2D eigenvalue weighted by atomic mass is 10.3. The van der Waals surface area contributed by atoms with E-state index in [1.165, 1.54) is 17.0 Å². The first-order chi connectivity index (χ1) is 14.9. The number of aromatic nitrogens is 2. The van der Waals surface area contributed by atoms with Crippen LogP contribution in [0.25, 0.3) is 5.69 Å². The summed E-state index contributed by atoms with van der Waals surface area (Å²) in [7, 11) is 0. The number of nitrogens with zero attached hydrogens (tertiary/aromatic N) is 4. The Kier molecular flexibility index (Phi) is 5.99. The van der Waals surface area contributed by atoms with Crippen LogP contribution in [0.1, 0.15) is 18.5 Å². The van der Waals surface area contributed by atoms with E-state index in [4.69, 9.17) is 0 Å². The molecule has 0 spiro atoms. The van der Waals surface area contributed by atoms with E-state index in [9.17, 15) is 18.8 Å². The van der Waals surface area contributed by atoms with Gasteiger partial charge in [0.05, 0.1) is 17.9 Å². The van der Waals surface area contributed by atoms with Crippen LogP contribution in [0.5, 0.6) is 0 Å². The summed E-state index contributed by atoms with van der Waals surface area (Å²) in [6.45, 7) is 3.78. The van der Waals surface area contributed by atoms with E-state index >= 15 is 0 Å². The minimum atomic E-state index is -0.543. The van der Waals surface area contributed by atoms with Gasteiger partial charge in [-0.1, -0.05) is 0 Å². The molecule has 1 saturated carbocycles. The highest BCUT2D eigenvalue weighted by molar-refractivity contribution is 6.35. The van der Waals surface area contributed by atoms with E-state index in [0.29, 0.717) is 37.7 Å². The van der Waals surface area contributed by atoms with Gasteiger partial charge in [-0.15, -0.1) is 0 Å². The van der Waals surface area contributed by atoms with Crippen LogP contribution in [0.15, 0.2) is 30.3 Å². The van der Waals surface area contributed by atoms with Gasteiger partial charge < -0.3 is 15.5 Å². The minimum Gasteiger partial charge on any atom is -0.345 e. The maximum Gasteiger partial charge on any atom is 0.311 e. The molecule has 1 aromatic heterocycles. The molecule has 2 fully saturated rings. The van der Waals surface area contributed by atoms with Crippen molar-refractivity contribution in [2.75, 3.05) is 38.0 Å². The Labute approximate surface area is 179 Å². The molecule has 4 rings (SSSR count). The quantitative estimate of drug-likeness (QED) is 0.683. The van der Waals surface area contributed by atoms with Crippen molar-refractivity contribution in [3.05, 3.63) is 41.8 Å². The minimum absolute atomic E-state index is 0.147. The lowest BCUT2D eigenvalue weighted by Crippen LogP contribution is -2.53. The zero-order valence-electron chi connectivity index (χ0n) is 17.3. The van der Waals surface area contributed by atoms with Crippen LogP contribution in [-0.4, -0.2) is 76.1 Å². The van der Waals surface area contributed by atoms with E-state index in [1.807, 2.05) is 11.8 Å². The van der Waals surface area contributed by atoms with Gasteiger partial charge in [-0.25, -0.2) is 9.07 Å². The van der Waals surface area contributed by atoms with Crippen molar-refractivity contribution in [2.45, 2.75) is 25.8 Å². The molecule has 1 aromatic carbocycles. The summed E-state index contributed by atoms with van der Waals surface area (Å²) in [6.07, 6.45) is 1.86. The van der Waals surface area contributed by atoms with Crippen molar-refractivity contribution in [3.63, 3.8) is 0 Å². The molecule has 2 N–H and O–H groups in total. The van der Waals surface area contributed by atoms with Crippen molar-refractivity contribution >= 4 is 23.5 Å². The number of halogens is 1. The molecule has 0 radical (unpaired) electrons. The fourth-order valence-corrected chi connectivity index (χ4v) is 3.48. The third-order valence-corrected chi connectivity index (χ3v) is 5.30. The summed E-state index contributed by atoms with van der Waals surface area (Å²) in [5.74, 6) is -1.11. The van der Waals surface area contributed by atoms with E-state index in [-0.39, 0.29) is 24.3 Å². The van der Waals surface area contributed by atoms with Crippen LogP contribution in [0.2, 0.25) is 0 Å². The molecule has 0 unspecified atom stereocenters. The lowest BCUT2D eigenvalue weighted by molar-refractivity contribution is -0.147. The van der Waals surface area contributed by atoms with Crippen LogP contribution in [0.4, 0.5) is 10.2 Å². The molecule has 2 aromatic rings. The van der Waals surface area contributed by atoms with Gasteiger partial charge in [0.25, 0.3) is 0 Å². The Bertz CT molecular complexity index is 978. The summed E-state index contributed by atoms with van der Waals surface area (Å²) < 4.78 is 14.8. The van der Waals surface area contributed by atoms with E-state index in [0.717, 1.165) is 18.5 Å². The molecule has 0 atom stereocenters. The molecule has 0 bridgehead atoms. The summed E-state index contributed by atoms with van der Waals surface area (Å²) in [4.78, 5) is 40.2. The molecular weight excluding hydrogens is 403 g/mol. The number of piperazine rings is 1. The van der Waals surface area contributed by atoms with Gasteiger partial charge in [0.1, 0.15) is 11.6 Å². The maximum absolute atomic E-state index is 13.2. The highest BCUT2D eigenvalue weighted by atomic mass is 19.1. The standard InChI is InChI=1S/C21H25FN6O3/c1-14-12-18(28(25-14)17-6-2-15(22)3-7-17)24-19(29)13-26-8-10-27(11-9-26)21(31)20(30)23-16-4-5-16/h2-3,6-7,12,16H,4-5,8-11,13H2,1H3,(H,23,30)(H,24,29). The van der Waals surface area contributed by atoms with Gasteiger partial charge in [0, 0.05) is 38.3 Å². The summed E-state index contributed by atoms with van der Waals surface area (Å²) >= 11 is 0. The third-order valence-electron chi connectivity index (χ3n) is 5.30. The highest BCUT2D eigenvalue weighted by Gasteiger charge is 2.31. The average Bonchev–Trinajstić information content (AvgIpc) is 3.49. The van der Waals surface area contributed by atoms with E-state index < -0.39 is 11.8 Å². The number of aryl methyl sites for hydroxylation is 1. The van der Waals surface area contributed by atoms with Crippen molar-refractivity contribution < 1.29 is 18.8 Å². The van der Waals surface area contributed by atoms with Crippen molar-refractivity contribution in [1.29, 1.82) is 0 Å². The lowest BCUT2D eigenvalue weighted by Gasteiger charge is -2.33. The van der Waals surface area contributed by atoms with Gasteiger partial charge in [-0.2, -0.15) is 5.10 Å². The van der Waals surface area contributed by atoms with Crippen molar-refractivity contribution in [1.82, 2.24) is 24.9 Å². The summed E-state index contributed by atoms with van der Waals surface area (Å²) in [5, 5.41) is 9.93. The number of hydrogen-bond acceptors (Lipinski definition) is 5. The number of carbonyl (C=O) groups is 3. The van der Waals surface area contributed by atoms with Crippen molar-refractivity contribution in [3.8, 4) is 5.69 Å². The monoisotopic (exact) mass is 428 g/mol. The molecule has 31 heavy (non-hydrogen) atoms. The first kappa shape index (κ1) is 21.0. The third kappa shape index (κ3) is 5.26. The molecule has 1 aliphatic heterocycles. The van der Waals surface area contributed by atoms with Gasteiger partial charge in [0.15, 0.2) is 0 Å². The molecule has 9 nitrogen and oxygen atoms in total. The molecule has 3 amide bonds. The Morgan fingerprint density at radius 2 is 1.77 bits per heavy atom. The number of anilines is 1. The molecule has 10 heteroatoms. The summed E-state index contributed by atoms with van der Waals surface area (Å²) in [5.41, 5.74) is 1.36. The fraction of sp³-hybridized carbons (Fsp3) is 0.429. The molecule has 164 valence electrons. The zero-order valence-corrected chi connectivity index (χ0v) is 17.3. The number of amides is 3. The predicted octanol–water partition coefficient (Wildman–Crippen LogP) is 0.681. The highest BCUT2D eigenvalue weighted by Crippen LogP contribution is 2.19. The Morgan fingerprint density at radius 1 is 1.10 bits per heavy atom. The Hall–Kier alpha value is -3.27. The van der Waals surface area contributed by atoms with E-state index in [2.05, 4.69) is 15.7 Å². The van der Waals surface area contributed by atoms with Gasteiger partial charge in [0.2, 0.25) is 5.91 Å². The summed E-state index contributed by atoms with van der Waals surface area (Å²) in [6, 6.07) is 7.75. The van der Waals surface area contributed by atoms with Crippen LogP contribution in [0, 0.1) is 12.7 Å². The smallest absolute Gasteiger partial charge is 0.311 e. The average molecular weight is 428 g/mol. The number of rotatable bonds is 5. The topological polar surface area (TPSA) is 99.6 Å². The van der Waals surface area contributed by atoms with Crippen molar-refractivity contribution in [2.24, 2.45) is 0 Å². The normalized spacial score (nSPS) is 16.8. The fourth-order valence-electron chi connectivity index (χ4n) is 3.48. The van der Waals surface area contributed by atoms with E-state index in [1.54, 1.807) is 22.9 Å². The second-order valence-corrected chi connectivity index (χ2v) is 7.92. The zero-order chi connectivity index (χ0) is 22.0. The Morgan fingerprint density at radius 3 is 2.42 bits per heavy atom. The van der Waals surface area contributed by atoms with Crippen LogP contribution in [0.3, 0.4) is 0 Å². The molecular formula is C21H25FN6O3. The maximum atomic E-state index is 13.2. The largest absolute Gasteiger partial charge is 0.345 e. The second kappa shape index (κ2) is 8.84. The first-order valence-corrected chi connectivity index (χ1v) is 10.3. The Balaban J connectivity index is 1.29. The number of carbonyl (C=O) groups excluding carboxylic acids is 3. The number of hydrogen-bond donors (Lipinski definition) is 2. The number of nitrogens with one attached hydrogen (secondary N) is 2. The van der Waals surface area contributed by atoms with Gasteiger partial charge in [-0.05, 0) is 44.0 Å². The van der Waals surface area contributed by atoms with Gasteiger partial charge >= 0.3 is 11.8 Å². The SMILES string of the molecule is Cc1cc(NC(=O)CN2CCN(C(=O)C(=O)NC3CC3)CC2)n(-c2ccc(F)cc2)n1. The molecule has 2 aliphatic rings. The molecule has 1 saturated heterocycles. The van der Waals surface area contributed by atoms with Gasteiger partial charge in [-0.3, -0.25) is 19.3 Å². The molecule has 1 aliphatic carbocycles. The predicted molar refractivity (Wildman–Crippen MR) is 111 cm³/mol.